The molecule has 0 spiro atoms. The van der Waals surface area contributed by atoms with E-state index in [9.17, 15) is 0 Å². The fraction of sp³-hybridized carbons (Fsp3) is 0.400. The summed E-state index contributed by atoms with van der Waals surface area (Å²) >= 11 is 0. The first-order chi connectivity index (χ1) is 4.72. The van der Waals surface area contributed by atoms with E-state index in [-0.39, 0.29) is 0 Å². The highest BCUT2D eigenvalue weighted by molar-refractivity contribution is 5.25. The molecule has 0 radical (unpaired) electrons. The summed E-state index contributed by atoms with van der Waals surface area (Å²) in [5.41, 5.74) is 2.52. The fourth-order valence-corrected chi connectivity index (χ4v) is 1.31. The molecule has 0 aromatic heterocycles. The van der Waals surface area contributed by atoms with Gasteiger partial charge in [0.1, 0.15) is 0 Å². The highest BCUT2D eigenvalue weighted by Crippen LogP contribution is 2.26. The Balaban J connectivity index is 2.73. The third-order valence-electron chi connectivity index (χ3n) is 1.93. The molecule has 0 fully saturated rings. The molecular formula is C10H14. The van der Waals surface area contributed by atoms with Gasteiger partial charge in [0, 0.05) is 5.92 Å². The van der Waals surface area contributed by atoms with Crippen LogP contribution in [0.3, 0.4) is 0 Å². The molecule has 1 rings (SSSR count). The van der Waals surface area contributed by atoms with E-state index in [1.165, 1.54) is 11.1 Å². The molecule has 0 aromatic carbocycles. The van der Waals surface area contributed by atoms with Crippen molar-refractivity contribution in [3.63, 3.8) is 0 Å². The van der Waals surface area contributed by atoms with Crippen LogP contribution in [0, 0.1) is 5.92 Å². The van der Waals surface area contributed by atoms with Crippen LogP contribution in [0.4, 0.5) is 0 Å². The van der Waals surface area contributed by atoms with Crippen LogP contribution in [0.25, 0.3) is 0 Å². The second-order valence-electron chi connectivity index (χ2n) is 2.95. The summed E-state index contributed by atoms with van der Waals surface area (Å²) in [7, 11) is 0. The monoisotopic (exact) mass is 134 g/mol. The van der Waals surface area contributed by atoms with E-state index in [4.69, 9.17) is 0 Å². The minimum absolute atomic E-state index is 0.453. The molecule has 10 heavy (non-hydrogen) atoms. The molecule has 54 valence electrons. The summed E-state index contributed by atoms with van der Waals surface area (Å²) in [6.45, 7) is 9.98. The van der Waals surface area contributed by atoms with Crippen LogP contribution in [0.15, 0.2) is 36.5 Å². The molecule has 0 heterocycles. The maximum absolute atomic E-state index is 4.00. The third-order valence-corrected chi connectivity index (χ3v) is 1.93. The van der Waals surface area contributed by atoms with Gasteiger partial charge in [0.05, 0.1) is 0 Å². The van der Waals surface area contributed by atoms with Gasteiger partial charge in [-0.15, -0.1) is 0 Å². The highest BCUT2D eigenvalue weighted by atomic mass is 14.2. The predicted octanol–water partition coefficient (Wildman–Crippen LogP) is 3.08. The summed E-state index contributed by atoms with van der Waals surface area (Å²) in [6.07, 6.45) is 6.71. The fourth-order valence-electron chi connectivity index (χ4n) is 1.31. The summed E-state index contributed by atoms with van der Waals surface area (Å²) in [4.78, 5) is 0. The van der Waals surface area contributed by atoms with Crippen molar-refractivity contribution in [3.8, 4) is 0 Å². The molecule has 0 nitrogen and oxygen atoms in total. The van der Waals surface area contributed by atoms with Gasteiger partial charge in [-0.2, -0.15) is 0 Å². The highest BCUT2D eigenvalue weighted by Gasteiger charge is 2.11. The minimum atomic E-state index is 0.453. The summed E-state index contributed by atoms with van der Waals surface area (Å²) < 4.78 is 0. The van der Waals surface area contributed by atoms with Crippen LogP contribution in [0.2, 0.25) is 0 Å². The van der Waals surface area contributed by atoms with Gasteiger partial charge in [-0.3, -0.25) is 0 Å². The minimum Gasteiger partial charge on any atom is -0.0992 e. The number of hydrogen-bond donors (Lipinski definition) is 0. The Kier molecular flexibility index (Phi) is 2.10. The predicted molar refractivity (Wildman–Crippen MR) is 45.8 cm³/mol. The van der Waals surface area contributed by atoms with Crippen molar-refractivity contribution in [1.29, 1.82) is 0 Å². The van der Waals surface area contributed by atoms with Crippen molar-refractivity contribution >= 4 is 0 Å². The van der Waals surface area contributed by atoms with Crippen LogP contribution in [0.5, 0.6) is 0 Å². The molecule has 0 N–H and O–H groups in total. The van der Waals surface area contributed by atoms with Gasteiger partial charge in [0.15, 0.2) is 0 Å². The van der Waals surface area contributed by atoms with E-state index in [1.54, 1.807) is 0 Å². The third kappa shape index (κ3) is 1.38. The molecule has 0 aromatic rings. The van der Waals surface area contributed by atoms with E-state index in [0.717, 1.165) is 12.8 Å². The second-order valence-corrected chi connectivity index (χ2v) is 2.95. The standard InChI is InChI=1S/C10H14/c1-8(2)10-7-5-4-6-9(10)3/h5,7,10H,1,3-4,6H2,2H3. The molecule has 1 aliphatic rings. The average molecular weight is 134 g/mol. The molecular weight excluding hydrogens is 120 g/mol. The van der Waals surface area contributed by atoms with Crippen LogP contribution >= 0.6 is 0 Å². The first-order valence-electron chi connectivity index (χ1n) is 3.71. The first-order valence-corrected chi connectivity index (χ1v) is 3.71. The average Bonchev–Trinajstić information content (AvgIpc) is 1.88. The molecule has 1 unspecified atom stereocenters. The van der Waals surface area contributed by atoms with E-state index < -0.39 is 0 Å². The zero-order chi connectivity index (χ0) is 7.56. The lowest BCUT2D eigenvalue weighted by Gasteiger charge is -2.19. The lowest BCUT2D eigenvalue weighted by atomic mass is 9.87. The van der Waals surface area contributed by atoms with E-state index in [0.29, 0.717) is 5.92 Å². The van der Waals surface area contributed by atoms with Gasteiger partial charge >= 0.3 is 0 Å². The van der Waals surface area contributed by atoms with Crippen molar-refractivity contribution in [2.45, 2.75) is 19.8 Å². The largest absolute Gasteiger partial charge is 0.0992 e. The molecule has 0 amide bonds. The van der Waals surface area contributed by atoms with Crippen molar-refractivity contribution in [2.24, 2.45) is 5.92 Å². The van der Waals surface area contributed by atoms with Gasteiger partial charge in [0.2, 0.25) is 0 Å². The zero-order valence-electron chi connectivity index (χ0n) is 6.56. The Labute approximate surface area is 62.9 Å². The van der Waals surface area contributed by atoms with E-state index >= 15 is 0 Å². The Hall–Kier alpha value is -0.780. The van der Waals surface area contributed by atoms with Crippen LogP contribution in [0.1, 0.15) is 19.8 Å². The van der Waals surface area contributed by atoms with Gasteiger partial charge in [-0.1, -0.05) is 36.5 Å². The summed E-state index contributed by atoms with van der Waals surface area (Å²) in [5.74, 6) is 0.453. The van der Waals surface area contributed by atoms with Crippen LogP contribution in [-0.4, -0.2) is 0 Å². The lowest BCUT2D eigenvalue weighted by Crippen LogP contribution is -2.04. The van der Waals surface area contributed by atoms with Crippen molar-refractivity contribution in [3.05, 3.63) is 36.5 Å². The molecule has 0 saturated heterocycles. The van der Waals surface area contributed by atoms with Gasteiger partial charge < -0.3 is 0 Å². The molecule has 0 bridgehead atoms. The maximum atomic E-state index is 4.00. The Bertz CT molecular complexity index is 184. The van der Waals surface area contributed by atoms with Crippen molar-refractivity contribution in [1.82, 2.24) is 0 Å². The molecule has 0 heteroatoms. The molecule has 1 atom stereocenters. The second kappa shape index (κ2) is 2.87. The van der Waals surface area contributed by atoms with Crippen LogP contribution < -0.4 is 0 Å². The van der Waals surface area contributed by atoms with E-state index in [1.807, 2.05) is 0 Å². The van der Waals surface area contributed by atoms with E-state index in [2.05, 4.69) is 32.2 Å². The zero-order valence-corrected chi connectivity index (χ0v) is 6.56. The Morgan fingerprint density at radius 1 is 1.70 bits per heavy atom. The molecule has 0 aliphatic heterocycles. The van der Waals surface area contributed by atoms with Crippen LogP contribution in [-0.2, 0) is 0 Å². The Morgan fingerprint density at radius 3 is 2.80 bits per heavy atom. The smallest absolute Gasteiger partial charge is 0.0179 e. The quantitative estimate of drug-likeness (QED) is 0.483. The number of rotatable bonds is 1. The lowest BCUT2D eigenvalue weighted by molar-refractivity contribution is 0.774. The normalized spacial score (nSPS) is 24.9. The summed E-state index contributed by atoms with van der Waals surface area (Å²) in [5, 5.41) is 0. The SMILES string of the molecule is C=C(C)C1C=CCCC1=C. The number of allylic oxidation sites excluding steroid dienone is 4. The molecule has 1 aliphatic carbocycles. The maximum Gasteiger partial charge on any atom is 0.0179 e. The molecule has 0 saturated carbocycles. The topological polar surface area (TPSA) is 0 Å². The van der Waals surface area contributed by atoms with Crippen molar-refractivity contribution < 1.29 is 0 Å². The van der Waals surface area contributed by atoms with Gasteiger partial charge in [-0.25, -0.2) is 0 Å². The number of hydrogen-bond acceptors (Lipinski definition) is 0. The van der Waals surface area contributed by atoms with Gasteiger partial charge in [0.25, 0.3) is 0 Å². The Morgan fingerprint density at radius 2 is 2.40 bits per heavy atom. The van der Waals surface area contributed by atoms with Crippen molar-refractivity contribution in [2.75, 3.05) is 0 Å². The summed E-state index contributed by atoms with van der Waals surface area (Å²) in [6, 6.07) is 0. The first kappa shape index (κ1) is 7.33. The van der Waals surface area contributed by atoms with Gasteiger partial charge in [-0.05, 0) is 19.8 Å².